The van der Waals surface area contributed by atoms with Gasteiger partial charge in [0.25, 0.3) is 0 Å². The molecule has 16 N–H and O–H groups in total. The molecule has 0 saturated heterocycles. The van der Waals surface area contributed by atoms with Gasteiger partial charge < -0.3 is 45.9 Å². The van der Waals surface area contributed by atoms with E-state index in [2.05, 4.69) is 0 Å². The van der Waals surface area contributed by atoms with Gasteiger partial charge in [0.05, 0.1) is 0 Å². The van der Waals surface area contributed by atoms with Crippen LogP contribution >= 0.6 is 0 Å². The Morgan fingerprint density at radius 3 is 0.316 bits per heavy atom. The van der Waals surface area contributed by atoms with E-state index in [0.717, 1.165) is 78.0 Å². The van der Waals surface area contributed by atoms with Crippen LogP contribution in [0.15, 0.2) is 0 Å². The molecule has 0 saturated carbocycles. The van der Waals surface area contributed by atoms with Gasteiger partial charge in [-0.05, 0) is 104 Å². The predicted molar refractivity (Wildman–Crippen MR) is 174 cm³/mol. The minimum Gasteiger partial charge on any atom is -0.330 e. The number of unbranched alkanes of at least 4 members (excludes halogenated alkanes) is 18. The zero-order chi connectivity index (χ0) is 29.2. The Hall–Kier alpha value is -0.320. The molecule has 0 aromatic heterocycles. The largest absolute Gasteiger partial charge is 0.330 e. The van der Waals surface area contributed by atoms with Gasteiger partial charge in [-0.15, -0.1) is 0 Å². The summed E-state index contributed by atoms with van der Waals surface area (Å²) in [5.74, 6) is 0. The molecule has 8 heteroatoms. The molecular weight excluding hydrogens is 472 g/mol. The first kappa shape index (κ1) is 44.7. The first-order chi connectivity index (χ1) is 18.7. The highest BCUT2D eigenvalue weighted by molar-refractivity contribution is 4.49. The van der Waals surface area contributed by atoms with Gasteiger partial charge in [-0.2, -0.15) is 0 Å². The lowest BCUT2D eigenvalue weighted by Crippen LogP contribution is -2.03. The zero-order valence-electron chi connectivity index (χ0n) is 25.8. The molecule has 0 bridgehead atoms. The monoisotopic (exact) mass is 549 g/mol. The van der Waals surface area contributed by atoms with Crippen molar-refractivity contribution in [3.8, 4) is 0 Å². The van der Waals surface area contributed by atoms with Crippen molar-refractivity contribution < 1.29 is 0 Å². The van der Waals surface area contributed by atoms with Crippen molar-refractivity contribution in [1.29, 1.82) is 0 Å². The van der Waals surface area contributed by atoms with Gasteiger partial charge in [0.1, 0.15) is 0 Å². The second-order valence-corrected chi connectivity index (χ2v) is 10.1. The fraction of sp³-hybridized carbons (Fsp3) is 1.00. The fourth-order valence-electron chi connectivity index (χ4n) is 3.63. The summed E-state index contributed by atoms with van der Waals surface area (Å²) < 4.78 is 0. The van der Waals surface area contributed by atoms with E-state index in [9.17, 15) is 0 Å². The van der Waals surface area contributed by atoms with Crippen molar-refractivity contribution >= 4 is 0 Å². The Morgan fingerprint density at radius 1 is 0.132 bits per heavy atom. The lowest BCUT2D eigenvalue weighted by atomic mass is 10.1. The standard InChI is InChI=1S/C12H28N2.C8H20N2.C6H16N2.C4H12N2/c13-11-9-7-5-3-1-2-4-6-8-10-12-14;9-7-5-3-1-2-4-6-8-10;7-5-3-1-2-4-6-8;5-3-1-2-4-6/h1-14H2;1-10H2;1-8H2;1-6H2. The molecule has 0 atom stereocenters. The third kappa shape index (κ3) is 65.1. The van der Waals surface area contributed by atoms with Crippen LogP contribution in [0.25, 0.3) is 0 Å². The number of hydrogen-bond acceptors (Lipinski definition) is 8. The molecule has 0 rings (SSSR count). The molecule has 0 radical (unpaired) electrons. The summed E-state index contributed by atoms with van der Waals surface area (Å²) in [6, 6.07) is 0. The van der Waals surface area contributed by atoms with Crippen LogP contribution in [0.5, 0.6) is 0 Å². The van der Waals surface area contributed by atoms with Gasteiger partial charge in [-0.25, -0.2) is 0 Å². The molecule has 0 aliphatic carbocycles. The summed E-state index contributed by atoms with van der Waals surface area (Å²) in [5, 5.41) is 0. The first-order valence-electron chi connectivity index (χ1n) is 16.3. The van der Waals surface area contributed by atoms with Crippen LogP contribution in [-0.2, 0) is 0 Å². The van der Waals surface area contributed by atoms with Crippen molar-refractivity contribution in [2.24, 2.45) is 45.9 Å². The minimum absolute atomic E-state index is 0.775. The van der Waals surface area contributed by atoms with Crippen LogP contribution in [-0.4, -0.2) is 52.4 Å². The molecule has 0 aromatic rings. The third-order valence-corrected chi connectivity index (χ3v) is 6.13. The lowest BCUT2D eigenvalue weighted by Gasteiger charge is -2.01. The SMILES string of the molecule is NCCCCCCCCCCCCN.NCCCCCCCCN.NCCCCCCN.NCCCCN. The van der Waals surface area contributed by atoms with Crippen LogP contribution < -0.4 is 45.9 Å². The Bertz CT molecular complexity index is 293. The molecule has 0 aliphatic rings. The van der Waals surface area contributed by atoms with E-state index in [0.29, 0.717) is 0 Å². The zero-order valence-corrected chi connectivity index (χ0v) is 25.8. The molecular formula is C30H76N8. The second-order valence-electron chi connectivity index (χ2n) is 10.1. The maximum absolute atomic E-state index is 5.43. The number of hydrogen-bond donors (Lipinski definition) is 8. The summed E-state index contributed by atoms with van der Waals surface area (Å²) in [5.41, 5.74) is 42.4. The second kappa shape index (κ2) is 53.0. The van der Waals surface area contributed by atoms with E-state index in [-0.39, 0.29) is 0 Å². The Kier molecular flexibility index (Phi) is 62.3. The van der Waals surface area contributed by atoms with Crippen molar-refractivity contribution in [2.75, 3.05) is 52.4 Å². The van der Waals surface area contributed by atoms with Crippen LogP contribution in [0.3, 0.4) is 0 Å². The van der Waals surface area contributed by atoms with Crippen LogP contribution in [0.4, 0.5) is 0 Å². The molecule has 0 spiro atoms. The van der Waals surface area contributed by atoms with Crippen molar-refractivity contribution in [2.45, 2.75) is 141 Å². The van der Waals surface area contributed by atoms with Crippen LogP contribution in [0.1, 0.15) is 141 Å². The normalized spacial score (nSPS) is 10.1. The minimum atomic E-state index is 0.775. The molecule has 236 valence electrons. The van der Waals surface area contributed by atoms with E-state index in [1.165, 1.54) is 116 Å². The number of rotatable bonds is 26. The molecule has 0 aromatic carbocycles. The Morgan fingerprint density at radius 2 is 0.211 bits per heavy atom. The quantitative estimate of drug-likeness (QED) is 0.0732. The smallest absolute Gasteiger partial charge is 0.00768 e. The average Bonchev–Trinajstić information content (AvgIpc) is 2.94. The maximum atomic E-state index is 5.43. The molecule has 0 heterocycles. The van der Waals surface area contributed by atoms with Crippen molar-refractivity contribution in [3.63, 3.8) is 0 Å². The Labute approximate surface area is 239 Å². The van der Waals surface area contributed by atoms with Gasteiger partial charge in [0, 0.05) is 0 Å². The molecule has 38 heavy (non-hydrogen) atoms. The highest BCUT2D eigenvalue weighted by Crippen LogP contribution is 2.10. The summed E-state index contributed by atoms with van der Waals surface area (Å²) in [7, 11) is 0. The molecule has 8 nitrogen and oxygen atoms in total. The molecule has 0 amide bonds. The van der Waals surface area contributed by atoms with Crippen LogP contribution in [0.2, 0.25) is 0 Å². The molecule has 0 fully saturated rings. The fourth-order valence-corrected chi connectivity index (χ4v) is 3.63. The van der Waals surface area contributed by atoms with E-state index < -0.39 is 0 Å². The van der Waals surface area contributed by atoms with Gasteiger partial charge in [-0.3, -0.25) is 0 Å². The summed E-state index contributed by atoms with van der Waals surface area (Å²) in [4.78, 5) is 0. The van der Waals surface area contributed by atoms with Gasteiger partial charge in [0.2, 0.25) is 0 Å². The van der Waals surface area contributed by atoms with Gasteiger partial charge >= 0.3 is 0 Å². The Balaban J connectivity index is -0.000000213. The summed E-state index contributed by atoms with van der Waals surface area (Å²) in [6.07, 6.45) is 28.0. The van der Waals surface area contributed by atoms with E-state index >= 15 is 0 Å². The van der Waals surface area contributed by atoms with Crippen molar-refractivity contribution in [3.05, 3.63) is 0 Å². The first-order valence-corrected chi connectivity index (χ1v) is 16.3. The highest BCUT2D eigenvalue weighted by Gasteiger charge is 1.92. The third-order valence-electron chi connectivity index (χ3n) is 6.13. The average molecular weight is 549 g/mol. The van der Waals surface area contributed by atoms with Crippen LogP contribution in [0, 0.1) is 0 Å². The maximum Gasteiger partial charge on any atom is -0.00768 e. The molecule has 0 unspecified atom stereocenters. The summed E-state index contributed by atoms with van der Waals surface area (Å²) in [6.45, 7) is 6.61. The predicted octanol–water partition coefficient (Wildman–Crippen LogP) is 4.20. The van der Waals surface area contributed by atoms with E-state index in [1.54, 1.807) is 0 Å². The number of nitrogens with two attached hydrogens (primary N) is 8. The van der Waals surface area contributed by atoms with Gasteiger partial charge in [-0.1, -0.05) is 89.9 Å². The van der Waals surface area contributed by atoms with E-state index in [4.69, 9.17) is 45.9 Å². The molecule has 0 aliphatic heterocycles. The van der Waals surface area contributed by atoms with Gasteiger partial charge in [0.15, 0.2) is 0 Å². The summed E-state index contributed by atoms with van der Waals surface area (Å²) >= 11 is 0. The lowest BCUT2D eigenvalue weighted by molar-refractivity contribution is 0.554. The topological polar surface area (TPSA) is 208 Å². The van der Waals surface area contributed by atoms with E-state index in [1.807, 2.05) is 0 Å². The highest BCUT2D eigenvalue weighted by atomic mass is 14.5. The van der Waals surface area contributed by atoms with Crippen molar-refractivity contribution in [1.82, 2.24) is 0 Å².